The van der Waals surface area contributed by atoms with Crippen molar-refractivity contribution >= 4 is 40.4 Å². The minimum atomic E-state index is 0.111. The lowest BCUT2D eigenvalue weighted by Crippen LogP contribution is -2.01. The first-order valence-corrected chi connectivity index (χ1v) is 8.03. The van der Waals surface area contributed by atoms with E-state index in [0.717, 1.165) is 11.3 Å². The van der Waals surface area contributed by atoms with Gasteiger partial charge in [0.05, 0.1) is 15.7 Å². The van der Waals surface area contributed by atoms with Gasteiger partial charge in [-0.05, 0) is 30.7 Å². The van der Waals surface area contributed by atoms with Gasteiger partial charge in [-0.3, -0.25) is 4.79 Å². The maximum absolute atomic E-state index is 11.3. The van der Waals surface area contributed by atoms with Crippen molar-refractivity contribution < 1.29 is 4.79 Å². The molecule has 0 radical (unpaired) electrons. The third-order valence-corrected chi connectivity index (χ3v) is 3.31. The molecule has 1 N–H and O–H groups in total. The molecule has 0 amide bonds. The minimum Gasteiger partial charge on any atom is -0.353 e. The zero-order valence-electron chi connectivity index (χ0n) is 13.1. The van der Waals surface area contributed by atoms with Crippen LogP contribution in [0.2, 0.25) is 10.0 Å². The molecule has 118 valence electrons. The van der Waals surface area contributed by atoms with E-state index in [1.165, 1.54) is 6.42 Å². The van der Waals surface area contributed by atoms with E-state index in [1.807, 2.05) is 24.3 Å². The van der Waals surface area contributed by atoms with Gasteiger partial charge in [-0.15, -0.1) is 0 Å². The molecular formula is C18H21Cl2NO. The fourth-order valence-corrected chi connectivity index (χ4v) is 2.31. The Labute approximate surface area is 142 Å². The SMILES string of the molecule is CC(=O)Cc1ccccc1Nc1c(Cl)cccc1Cl.CCC. The monoisotopic (exact) mass is 337 g/mol. The molecule has 0 aliphatic rings. The maximum Gasteiger partial charge on any atom is 0.134 e. The number of halogens is 2. The summed E-state index contributed by atoms with van der Waals surface area (Å²) < 4.78 is 0. The highest BCUT2D eigenvalue weighted by atomic mass is 35.5. The molecule has 0 spiro atoms. The largest absolute Gasteiger partial charge is 0.353 e. The summed E-state index contributed by atoms with van der Waals surface area (Å²) in [5, 5.41) is 4.29. The second kappa shape index (κ2) is 9.50. The van der Waals surface area contributed by atoms with Crippen molar-refractivity contribution in [1.29, 1.82) is 0 Å². The van der Waals surface area contributed by atoms with Crippen molar-refractivity contribution in [3.05, 3.63) is 58.1 Å². The van der Waals surface area contributed by atoms with Gasteiger partial charge in [0.1, 0.15) is 5.78 Å². The van der Waals surface area contributed by atoms with Gasteiger partial charge in [-0.1, -0.05) is 67.7 Å². The Bertz CT molecular complexity index is 606. The van der Waals surface area contributed by atoms with Crippen molar-refractivity contribution in [3.8, 4) is 0 Å². The molecule has 4 heteroatoms. The minimum absolute atomic E-state index is 0.111. The molecule has 2 aromatic carbocycles. The van der Waals surface area contributed by atoms with Crippen LogP contribution in [0.25, 0.3) is 0 Å². The Kier molecular flexibility index (Phi) is 8.00. The number of carbonyl (C=O) groups is 1. The number of Topliss-reactive ketones (excluding diaryl/α,β-unsaturated/α-hetero) is 1. The van der Waals surface area contributed by atoms with Crippen LogP contribution in [0, 0.1) is 0 Å². The van der Waals surface area contributed by atoms with Crippen molar-refractivity contribution in [2.45, 2.75) is 33.6 Å². The number of hydrogen-bond donors (Lipinski definition) is 1. The summed E-state index contributed by atoms with van der Waals surface area (Å²) in [4.78, 5) is 11.3. The zero-order chi connectivity index (χ0) is 16.5. The van der Waals surface area contributed by atoms with E-state index in [9.17, 15) is 4.79 Å². The topological polar surface area (TPSA) is 29.1 Å². The van der Waals surface area contributed by atoms with Gasteiger partial charge in [0.15, 0.2) is 0 Å². The number of hydrogen-bond acceptors (Lipinski definition) is 2. The molecule has 0 saturated carbocycles. The number of benzene rings is 2. The Balaban J connectivity index is 0.000000745. The molecule has 0 aromatic heterocycles. The van der Waals surface area contributed by atoms with Gasteiger partial charge in [0.2, 0.25) is 0 Å². The first-order valence-electron chi connectivity index (χ1n) is 7.27. The molecule has 0 fully saturated rings. The van der Waals surface area contributed by atoms with Crippen molar-refractivity contribution in [2.24, 2.45) is 0 Å². The molecule has 0 aliphatic heterocycles. The van der Waals surface area contributed by atoms with Crippen LogP contribution in [0.4, 0.5) is 11.4 Å². The Hall–Kier alpha value is -1.51. The third kappa shape index (κ3) is 5.70. The summed E-state index contributed by atoms with van der Waals surface area (Å²) in [6, 6.07) is 12.9. The van der Waals surface area contributed by atoms with Crippen molar-refractivity contribution in [3.63, 3.8) is 0 Å². The average Bonchev–Trinajstić information content (AvgIpc) is 2.45. The van der Waals surface area contributed by atoms with E-state index < -0.39 is 0 Å². The number of para-hydroxylation sites is 2. The van der Waals surface area contributed by atoms with Crippen LogP contribution in [-0.4, -0.2) is 5.78 Å². The van der Waals surface area contributed by atoms with Gasteiger partial charge in [-0.25, -0.2) is 0 Å². The van der Waals surface area contributed by atoms with E-state index in [2.05, 4.69) is 19.2 Å². The van der Waals surface area contributed by atoms with Crippen LogP contribution in [0.3, 0.4) is 0 Å². The molecule has 0 heterocycles. The molecule has 22 heavy (non-hydrogen) atoms. The number of rotatable bonds is 4. The molecule has 0 unspecified atom stereocenters. The fraction of sp³-hybridized carbons (Fsp3) is 0.278. The standard InChI is InChI=1S/C15H13Cl2NO.C3H8/c1-10(19)9-11-5-2-3-8-14(11)18-15-12(16)6-4-7-13(15)17;1-3-2/h2-8,18H,9H2,1H3;3H2,1-2H3. The molecule has 0 saturated heterocycles. The fourth-order valence-electron chi connectivity index (χ4n) is 1.82. The van der Waals surface area contributed by atoms with Gasteiger partial charge < -0.3 is 5.32 Å². The Morgan fingerprint density at radius 1 is 1.00 bits per heavy atom. The van der Waals surface area contributed by atoms with E-state index in [-0.39, 0.29) is 5.78 Å². The first kappa shape index (κ1) is 18.5. The lowest BCUT2D eigenvalue weighted by molar-refractivity contribution is -0.116. The number of anilines is 2. The summed E-state index contributed by atoms with van der Waals surface area (Å²) in [6.07, 6.45) is 1.63. The van der Waals surface area contributed by atoms with E-state index in [0.29, 0.717) is 22.2 Å². The summed E-state index contributed by atoms with van der Waals surface area (Å²) >= 11 is 12.2. The van der Waals surface area contributed by atoms with Gasteiger partial charge in [0, 0.05) is 12.1 Å². The Morgan fingerprint density at radius 2 is 1.55 bits per heavy atom. The summed E-state index contributed by atoms with van der Waals surface area (Å²) in [6.45, 7) is 5.82. The normalized spacial score (nSPS) is 9.68. The molecule has 0 atom stereocenters. The van der Waals surface area contributed by atoms with Gasteiger partial charge in [0.25, 0.3) is 0 Å². The second-order valence-electron chi connectivity index (χ2n) is 4.96. The lowest BCUT2D eigenvalue weighted by Gasteiger charge is -2.13. The molecular weight excluding hydrogens is 317 g/mol. The number of carbonyl (C=O) groups excluding carboxylic acids is 1. The van der Waals surface area contributed by atoms with Crippen LogP contribution < -0.4 is 5.32 Å². The molecule has 0 aliphatic carbocycles. The number of ketones is 1. The quantitative estimate of drug-likeness (QED) is 0.710. The predicted octanol–water partition coefficient (Wildman–Crippen LogP) is 6.28. The van der Waals surface area contributed by atoms with Crippen LogP contribution in [0.5, 0.6) is 0 Å². The smallest absolute Gasteiger partial charge is 0.134 e. The first-order chi connectivity index (χ1) is 10.5. The van der Waals surface area contributed by atoms with Crippen molar-refractivity contribution in [2.75, 3.05) is 5.32 Å². The van der Waals surface area contributed by atoms with E-state index in [4.69, 9.17) is 23.2 Å². The molecule has 2 nitrogen and oxygen atoms in total. The summed E-state index contributed by atoms with van der Waals surface area (Å²) in [5.41, 5.74) is 2.42. The summed E-state index contributed by atoms with van der Waals surface area (Å²) in [5.74, 6) is 0.111. The third-order valence-electron chi connectivity index (χ3n) is 2.68. The second-order valence-corrected chi connectivity index (χ2v) is 5.78. The highest BCUT2D eigenvalue weighted by Crippen LogP contribution is 2.33. The van der Waals surface area contributed by atoms with Crippen LogP contribution in [0.15, 0.2) is 42.5 Å². The average molecular weight is 338 g/mol. The highest BCUT2D eigenvalue weighted by Gasteiger charge is 2.09. The van der Waals surface area contributed by atoms with Gasteiger partial charge >= 0.3 is 0 Å². The molecule has 0 bridgehead atoms. The molecule has 2 aromatic rings. The van der Waals surface area contributed by atoms with Crippen LogP contribution in [-0.2, 0) is 11.2 Å². The predicted molar refractivity (Wildman–Crippen MR) is 96.5 cm³/mol. The number of nitrogens with one attached hydrogen (secondary N) is 1. The van der Waals surface area contributed by atoms with E-state index >= 15 is 0 Å². The lowest BCUT2D eigenvalue weighted by atomic mass is 10.1. The maximum atomic E-state index is 11.3. The Morgan fingerprint density at radius 3 is 2.09 bits per heavy atom. The molecule has 2 rings (SSSR count). The van der Waals surface area contributed by atoms with Crippen LogP contribution in [0.1, 0.15) is 32.8 Å². The summed E-state index contributed by atoms with van der Waals surface area (Å²) in [7, 11) is 0. The highest BCUT2D eigenvalue weighted by molar-refractivity contribution is 6.39. The van der Waals surface area contributed by atoms with Crippen molar-refractivity contribution in [1.82, 2.24) is 0 Å². The van der Waals surface area contributed by atoms with Gasteiger partial charge in [-0.2, -0.15) is 0 Å². The van der Waals surface area contributed by atoms with E-state index in [1.54, 1.807) is 25.1 Å². The zero-order valence-corrected chi connectivity index (χ0v) is 14.6. The van der Waals surface area contributed by atoms with Crippen LogP contribution >= 0.6 is 23.2 Å².